The van der Waals surface area contributed by atoms with Crippen molar-refractivity contribution in [2.24, 2.45) is 0 Å². The predicted octanol–water partition coefficient (Wildman–Crippen LogP) is 3.66. The van der Waals surface area contributed by atoms with Crippen molar-refractivity contribution in [2.45, 2.75) is 13.0 Å². The summed E-state index contributed by atoms with van der Waals surface area (Å²) in [5, 5.41) is 6.00. The molecular weight excluding hydrogens is 319 g/mol. The van der Waals surface area contributed by atoms with E-state index in [4.69, 9.17) is 4.74 Å². The number of hydrogen-bond acceptors (Lipinski definition) is 3. The van der Waals surface area contributed by atoms with Crippen LogP contribution in [-0.2, 0) is 0 Å². The second-order valence-electron chi connectivity index (χ2n) is 5.36. The van der Waals surface area contributed by atoms with Gasteiger partial charge in [-0.05, 0) is 23.8 Å². The van der Waals surface area contributed by atoms with Gasteiger partial charge in [-0.2, -0.15) is 0 Å². The van der Waals surface area contributed by atoms with Gasteiger partial charge < -0.3 is 10.1 Å². The molecule has 0 spiro atoms. The molecule has 0 radical (unpaired) electrons. The van der Waals surface area contributed by atoms with Crippen molar-refractivity contribution >= 4 is 35.6 Å². The molecule has 3 rings (SSSR count). The van der Waals surface area contributed by atoms with Crippen LogP contribution in [-0.4, -0.2) is 38.2 Å². The minimum atomic E-state index is 0. The average molecular weight is 343 g/mol. The van der Waals surface area contributed by atoms with Gasteiger partial charge in [-0.1, -0.05) is 30.3 Å². The fraction of sp³-hybridized carbons (Fsp3) is 0.412. The van der Waals surface area contributed by atoms with Crippen LogP contribution in [0.25, 0.3) is 10.8 Å². The molecule has 0 saturated carbocycles. The van der Waals surface area contributed by atoms with E-state index in [1.165, 1.54) is 16.3 Å². The van der Waals surface area contributed by atoms with Gasteiger partial charge >= 0.3 is 0 Å². The first-order valence-corrected chi connectivity index (χ1v) is 7.31. The smallest absolute Gasteiger partial charge is 0.124 e. The molecule has 1 heterocycles. The maximum Gasteiger partial charge on any atom is 0.124 e. The summed E-state index contributed by atoms with van der Waals surface area (Å²) < 4.78 is 5.62. The van der Waals surface area contributed by atoms with Crippen molar-refractivity contribution in [3.8, 4) is 5.75 Å². The van der Waals surface area contributed by atoms with E-state index >= 15 is 0 Å². The fourth-order valence-electron chi connectivity index (χ4n) is 3.14. The van der Waals surface area contributed by atoms with E-state index < -0.39 is 0 Å². The average Bonchev–Trinajstić information content (AvgIpc) is 2.54. The lowest BCUT2D eigenvalue weighted by atomic mass is 9.97. The summed E-state index contributed by atoms with van der Waals surface area (Å²) in [6.07, 6.45) is 0. The highest BCUT2D eigenvalue weighted by Gasteiger charge is 2.22. The Labute approximate surface area is 144 Å². The van der Waals surface area contributed by atoms with Crippen molar-refractivity contribution in [3.63, 3.8) is 0 Å². The molecule has 2 aromatic carbocycles. The Morgan fingerprint density at radius 2 is 1.73 bits per heavy atom. The van der Waals surface area contributed by atoms with E-state index in [9.17, 15) is 0 Å². The zero-order valence-electron chi connectivity index (χ0n) is 13.0. The summed E-state index contributed by atoms with van der Waals surface area (Å²) in [6.45, 7) is 6.60. The number of ether oxygens (including phenoxy) is 1. The van der Waals surface area contributed by atoms with Crippen molar-refractivity contribution in [1.82, 2.24) is 10.2 Å². The monoisotopic (exact) mass is 342 g/mol. The van der Waals surface area contributed by atoms with Crippen LogP contribution < -0.4 is 10.1 Å². The summed E-state index contributed by atoms with van der Waals surface area (Å²) in [5.74, 6) is 0.995. The number of nitrogens with zero attached hydrogens (tertiary/aromatic N) is 1. The Bertz CT molecular complexity index is 600. The number of piperazine rings is 1. The zero-order chi connectivity index (χ0) is 13.9. The van der Waals surface area contributed by atoms with Crippen molar-refractivity contribution in [2.75, 3.05) is 33.3 Å². The van der Waals surface area contributed by atoms with Gasteiger partial charge in [0, 0.05) is 37.8 Å². The Kier molecular flexibility index (Phi) is 7.43. The number of fused-ring (bicyclic) bond motifs is 1. The van der Waals surface area contributed by atoms with E-state index in [2.05, 4.69) is 53.5 Å². The topological polar surface area (TPSA) is 24.5 Å². The van der Waals surface area contributed by atoms with Crippen molar-refractivity contribution in [1.29, 1.82) is 0 Å². The van der Waals surface area contributed by atoms with Gasteiger partial charge in [0.2, 0.25) is 0 Å². The third-order valence-electron chi connectivity index (χ3n) is 4.27. The molecule has 1 N–H and O–H groups in total. The fourth-order valence-corrected chi connectivity index (χ4v) is 3.14. The number of nitrogens with one attached hydrogen (secondary N) is 1. The quantitative estimate of drug-likeness (QED) is 0.921. The van der Waals surface area contributed by atoms with Gasteiger partial charge in [0.25, 0.3) is 0 Å². The molecular formula is C17H24Cl2N2O. The second-order valence-corrected chi connectivity index (χ2v) is 5.36. The molecule has 5 heteroatoms. The Hall–Kier alpha value is -1.00. The molecule has 1 fully saturated rings. The van der Waals surface area contributed by atoms with Crippen LogP contribution in [0.3, 0.4) is 0 Å². The number of halogens is 2. The Morgan fingerprint density at radius 3 is 2.41 bits per heavy atom. The van der Waals surface area contributed by atoms with Crippen molar-refractivity contribution < 1.29 is 4.74 Å². The summed E-state index contributed by atoms with van der Waals surface area (Å²) in [4.78, 5) is 2.53. The summed E-state index contributed by atoms with van der Waals surface area (Å²) in [7, 11) is 1.76. The van der Waals surface area contributed by atoms with Gasteiger partial charge in [0.15, 0.2) is 0 Å². The molecule has 1 aliphatic heterocycles. The van der Waals surface area contributed by atoms with E-state index in [-0.39, 0.29) is 24.8 Å². The molecule has 22 heavy (non-hydrogen) atoms. The van der Waals surface area contributed by atoms with Gasteiger partial charge in [0.05, 0.1) is 7.11 Å². The lowest BCUT2D eigenvalue weighted by molar-refractivity contribution is 0.183. The molecule has 0 amide bonds. The third kappa shape index (κ3) is 3.66. The zero-order valence-corrected chi connectivity index (χ0v) is 14.7. The Balaban J connectivity index is 0.00000121. The first-order chi connectivity index (χ1) is 9.81. The van der Waals surface area contributed by atoms with Gasteiger partial charge in [-0.15, -0.1) is 24.8 Å². The second kappa shape index (κ2) is 8.59. The molecule has 0 aliphatic carbocycles. The molecule has 3 nitrogen and oxygen atoms in total. The van der Waals surface area contributed by atoms with Crippen LogP contribution >= 0.6 is 24.8 Å². The normalized spacial score (nSPS) is 16.5. The van der Waals surface area contributed by atoms with Gasteiger partial charge in [0.1, 0.15) is 5.75 Å². The molecule has 1 atom stereocenters. The maximum absolute atomic E-state index is 5.62. The Morgan fingerprint density at radius 1 is 1.05 bits per heavy atom. The van der Waals surface area contributed by atoms with Crippen LogP contribution in [0.1, 0.15) is 18.5 Å². The number of rotatable bonds is 3. The number of hydrogen-bond donors (Lipinski definition) is 1. The lowest BCUT2D eigenvalue weighted by Gasteiger charge is -2.34. The highest BCUT2D eigenvalue weighted by Crippen LogP contribution is 2.35. The molecule has 2 aromatic rings. The highest BCUT2D eigenvalue weighted by molar-refractivity contribution is 5.88. The minimum Gasteiger partial charge on any atom is -0.496 e. The van der Waals surface area contributed by atoms with E-state index in [0.717, 1.165) is 31.9 Å². The molecule has 122 valence electrons. The molecule has 0 unspecified atom stereocenters. The van der Waals surface area contributed by atoms with Crippen LogP contribution in [0, 0.1) is 0 Å². The summed E-state index contributed by atoms with van der Waals surface area (Å²) >= 11 is 0. The molecule has 0 bridgehead atoms. The van der Waals surface area contributed by atoms with Crippen LogP contribution in [0.5, 0.6) is 5.75 Å². The molecule has 1 aliphatic rings. The lowest BCUT2D eigenvalue weighted by Crippen LogP contribution is -2.44. The number of benzene rings is 2. The van der Waals surface area contributed by atoms with Crippen LogP contribution in [0.4, 0.5) is 0 Å². The third-order valence-corrected chi connectivity index (χ3v) is 4.27. The minimum absolute atomic E-state index is 0. The predicted molar refractivity (Wildman–Crippen MR) is 97.9 cm³/mol. The SMILES string of the molecule is COc1ccc2ccccc2c1[C@@H](C)N1CCNCC1.Cl.Cl. The standard InChI is InChI=1S/C17H22N2O.2ClH/c1-13(19-11-9-18-10-12-19)17-15-6-4-3-5-14(15)7-8-16(17)20-2;;/h3-8,13,18H,9-12H2,1-2H3;2*1H/t13-;;/m1../s1. The molecule has 1 saturated heterocycles. The van der Waals surface area contributed by atoms with Crippen LogP contribution in [0.15, 0.2) is 36.4 Å². The highest BCUT2D eigenvalue weighted by atomic mass is 35.5. The largest absolute Gasteiger partial charge is 0.496 e. The van der Waals surface area contributed by atoms with E-state index in [0.29, 0.717) is 6.04 Å². The first-order valence-electron chi connectivity index (χ1n) is 7.31. The summed E-state index contributed by atoms with van der Waals surface area (Å²) in [5.41, 5.74) is 1.31. The number of methoxy groups -OCH3 is 1. The summed E-state index contributed by atoms with van der Waals surface area (Å²) in [6, 6.07) is 13.2. The molecule has 0 aromatic heterocycles. The van der Waals surface area contributed by atoms with Crippen LogP contribution in [0.2, 0.25) is 0 Å². The van der Waals surface area contributed by atoms with E-state index in [1.54, 1.807) is 7.11 Å². The van der Waals surface area contributed by atoms with Gasteiger partial charge in [-0.25, -0.2) is 0 Å². The maximum atomic E-state index is 5.62. The first kappa shape index (κ1) is 19.0. The van der Waals surface area contributed by atoms with E-state index in [1.807, 2.05) is 0 Å². The van der Waals surface area contributed by atoms with Gasteiger partial charge in [-0.3, -0.25) is 4.90 Å². The van der Waals surface area contributed by atoms with Crippen molar-refractivity contribution in [3.05, 3.63) is 42.0 Å².